The van der Waals surface area contributed by atoms with E-state index < -0.39 is 0 Å². The SMILES string of the molecule is Cc1ccccc1-c1nnc(S[C@@H](C)C(=O)NC2CCCC2)n1C. The fourth-order valence-electron chi connectivity index (χ4n) is 3.08. The van der Waals surface area contributed by atoms with Gasteiger partial charge in [-0.3, -0.25) is 4.79 Å². The van der Waals surface area contributed by atoms with Crippen LogP contribution < -0.4 is 5.32 Å². The minimum atomic E-state index is -0.182. The normalized spacial score (nSPS) is 16.3. The topological polar surface area (TPSA) is 59.8 Å². The fourth-order valence-corrected chi connectivity index (χ4v) is 3.90. The number of nitrogens with one attached hydrogen (secondary N) is 1. The van der Waals surface area contributed by atoms with Crippen LogP contribution in [0.25, 0.3) is 11.4 Å². The molecule has 2 aromatic rings. The van der Waals surface area contributed by atoms with Crippen molar-refractivity contribution >= 4 is 17.7 Å². The lowest BCUT2D eigenvalue weighted by molar-refractivity contribution is -0.120. The van der Waals surface area contributed by atoms with Gasteiger partial charge in [0.05, 0.1) is 5.25 Å². The molecule has 6 heteroatoms. The molecule has 0 spiro atoms. The average molecular weight is 344 g/mol. The van der Waals surface area contributed by atoms with Gasteiger partial charge in [0.25, 0.3) is 0 Å². The molecule has 0 radical (unpaired) electrons. The number of aryl methyl sites for hydroxylation is 1. The zero-order valence-electron chi connectivity index (χ0n) is 14.5. The summed E-state index contributed by atoms with van der Waals surface area (Å²) in [5, 5.41) is 12.3. The molecule has 24 heavy (non-hydrogen) atoms. The molecule has 0 bridgehead atoms. The molecule has 1 atom stereocenters. The van der Waals surface area contributed by atoms with Crippen LogP contribution in [0.3, 0.4) is 0 Å². The molecule has 3 rings (SSSR count). The molecule has 0 aliphatic heterocycles. The second-order valence-corrected chi connectivity index (χ2v) is 7.74. The molecule has 1 aliphatic carbocycles. The number of carbonyl (C=O) groups excluding carboxylic acids is 1. The standard InChI is InChI=1S/C18H24N4OS/c1-12-8-4-7-11-15(12)16-20-21-18(22(16)3)24-13(2)17(23)19-14-9-5-6-10-14/h4,7-8,11,13-14H,5-6,9-10H2,1-3H3,(H,19,23)/t13-/m0/s1. The van der Waals surface area contributed by atoms with E-state index in [1.807, 2.05) is 36.7 Å². The summed E-state index contributed by atoms with van der Waals surface area (Å²) in [5.41, 5.74) is 2.24. The highest BCUT2D eigenvalue weighted by atomic mass is 32.2. The number of hydrogen-bond acceptors (Lipinski definition) is 4. The van der Waals surface area contributed by atoms with E-state index in [2.05, 4.69) is 28.5 Å². The van der Waals surface area contributed by atoms with Crippen molar-refractivity contribution in [1.29, 1.82) is 0 Å². The Morgan fingerprint density at radius 2 is 2.00 bits per heavy atom. The first-order chi connectivity index (χ1) is 11.6. The van der Waals surface area contributed by atoms with Crippen LogP contribution in [-0.2, 0) is 11.8 Å². The Kier molecular flexibility index (Phi) is 5.23. The highest BCUT2D eigenvalue weighted by Crippen LogP contribution is 2.27. The lowest BCUT2D eigenvalue weighted by atomic mass is 10.1. The van der Waals surface area contributed by atoms with Crippen LogP contribution in [0, 0.1) is 6.92 Å². The number of benzene rings is 1. The van der Waals surface area contributed by atoms with Crippen molar-refractivity contribution in [2.45, 2.75) is 56.0 Å². The Morgan fingerprint density at radius 3 is 2.71 bits per heavy atom. The lowest BCUT2D eigenvalue weighted by Gasteiger charge is -2.16. The minimum absolute atomic E-state index is 0.0901. The monoisotopic (exact) mass is 344 g/mol. The summed E-state index contributed by atoms with van der Waals surface area (Å²) in [5.74, 6) is 0.923. The Balaban J connectivity index is 1.69. The Labute approximate surface area is 147 Å². The number of nitrogens with zero attached hydrogens (tertiary/aromatic N) is 3. The molecule has 1 saturated carbocycles. The third-order valence-electron chi connectivity index (χ3n) is 4.57. The highest BCUT2D eigenvalue weighted by Gasteiger charge is 2.23. The maximum absolute atomic E-state index is 12.4. The first-order valence-electron chi connectivity index (χ1n) is 8.48. The van der Waals surface area contributed by atoms with Gasteiger partial charge < -0.3 is 9.88 Å². The van der Waals surface area contributed by atoms with Crippen LogP contribution in [0.15, 0.2) is 29.4 Å². The van der Waals surface area contributed by atoms with Crippen LogP contribution in [-0.4, -0.2) is 32.0 Å². The molecule has 1 amide bonds. The Bertz CT molecular complexity index is 722. The predicted molar refractivity (Wildman–Crippen MR) is 96.9 cm³/mol. The largest absolute Gasteiger partial charge is 0.352 e. The van der Waals surface area contributed by atoms with Gasteiger partial charge in [-0.15, -0.1) is 10.2 Å². The molecule has 1 heterocycles. The van der Waals surface area contributed by atoms with Gasteiger partial charge in [0.2, 0.25) is 5.91 Å². The number of rotatable bonds is 5. The number of hydrogen-bond donors (Lipinski definition) is 1. The van der Waals surface area contributed by atoms with E-state index in [0.717, 1.165) is 34.9 Å². The third-order valence-corrected chi connectivity index (χ3v) is 5.71. The van der Waals surface area contributed by atoms with Crippen LogP contribution in [0.1, 0.15) is 38.2 Å². The fraction of sp³-hybridized carbons (Fsp3) is 0.500. The van der Waals surface area contributed by atoms with Crippen LogP contribution in [0.4, 0.5) is 0 Å². The summed E-state index contributed by atoms with van der Waals surface area (Å²) in [4.78, 5) is 12.4. The Morgan fingerprint density at radius 1 is 1.29 bits per heavy atom. The number of thioether (sulfide) groups is 1. The van der Waals surface area contributed by atoms with Gasteiger partial charge in [-0.05, 0) is 32.3 Å². The third kappa shape index (κ3) is 3.64. The van der Waals surface area contributed by atoms with Crippen LogP contribution >= 0.6 is 11.8 Å². The van der Waals surface area contributed by atoms with Crippen molar-refractivity contribution in [1.82, 2.24) is 20.1 Å². The summed E-state index contributed by atoms with van der Waals surface area (Å²) in [6.07, 6.45) is 4.64. The van der Waals surface area contributed by atoms with E-state index >= 15 is 0 Å². The number of carbonyl (C=O) groups is 1. The van der Waals surface area contributed by atoms with E-state index in [-0.39, 0.29) is 11.2 Å². The van der Waals surface area contributed by atoms with E-state index in [0.29, 0.717) is 6.04 Å². The van der Waals surface area contributed by atoms with Crippen molar-refractivity contribution < 1.29 is 4.79 Å². The van der Waals surface area contributed by atoms with Crippen molar-refractivity contribution in [2.75, 3.05) is 0 Å². The molecular formula is C18H24N4OS. The van der Waals surface area contributed by atoms with Gasteiger partial charge in [0.1, 0.15) is 0 Å². The number of aromatic nitrogens is 3. The van der Waals surface area contributed by atoms with Crippen LogP contribution in [0.5, 0.6) is 0 Å². The summed E-state index contributed by atoms with van der Waals surface area (Å²) in [6.45, 7) is 3.99. The van der Waals surface area contributed by atoms with Crippen molar-refractivity contribution in [2.24, 2.45) is 7.05 Å². The maximum Gasteiger partial charge on any atom is 0.233 e. The number of amides is 1. The van der Waals surface area contributed by atoms with Gasteiger partial charge in [0, 0.05) is 18.7 Å². The van der Waals surface area contributed by atoms with Gasteiger partial charge in [-0.1, -0.05) is 48.9 Å². The highest BCUT2D eigenvalue weighted by molar-refractivity contribution is 8.00. The molecule has 1 fully saturated rings. The molecule has 128 valence electrons. The lowest BCUT2D eigenvalue weighted by Crippen LogP contribution is -2.37. The van der Waals surface area contributed by atoms with Crippen LogP contribution in [0.2, 0.25) is 0 Å². The van der Waals surface area contributed by atoms with Gasteiger partial charge in [-0.2, -0.15) is 0 Å². The molecule has 1 aromatic heterocycles. The van der Waals surface area contributed by atoms with Crippen molar-refractivity contribution in [3.63, 3.8) is 0 Å². The summed E-state index contributed by atoms with van der Waals surface area (Å²) >= 11 is 1.46. The molecule has 1 aromatic carbocycles. The van der Waals surface area contributed by atoms with Crippen molar-refractivity contribution in [3.8, 4) is 11.4 Å². The molecule has 0 unspecified atom stereocenters. The quantitative estimate of drug-likeness (QED) is 0.845. The zero-order valence-corrected chi connectivity index (χ0v) is 15.3. The summed E-state index contributed by atoms with van der Waals surface area (Å²) in [6, 6.07) is 8.47. The molecule has 0 saturated heterocycles. The van der Waals surface area contributed by atoms with Crippen molar-refractivity contribution in [3.05, 3.63) is 29.8 Å². The maximum atomic E-state index is 12.4. The molecular weight excluding hydrogens is 320 g/mol. The van der Waals surface area contributed by atoms with Gasteiger partial charge in [-0.25, -0.2) is 0 Å². The first kappa shape index (κ1) is 17.0. The predicted octanol–water partition coefficient (Wildman–Crippen LogP) is 3.33. The van der Waals surface area contributed by atoms with E-state index in [1.54, 1.807) is 0 Å². The summed E-state index contributed by atoms with van der Waals surface area (Å²) in [7, 11) is 1.95. The zero-order chi connectivity index (χ0) is 17.1. The van der Waals surface area contributed by atoms with E-state index in [9.17, 15) is 4.79 Å². The average Bonchev–Trinajstić information content (AvgIpc) is 3.19. The minimum Gasteiger partial charge on any atom is -0.352 e. The first-order valence-corrected chi connectivity index (χ1v) is 9.36. The molecule has 1 aliphatic rings. The van der Waals surface area contributed by atoms with E-state index in [1.165, 1.54) is 24.6 Å². The van der Waals surface area contributed by atoms with Gasteiger partial charge >= 0.3 is 0 Å². The summed E-state index contributed by atoms with van der Waals surface area (Å²) < 4.78 is 1.96. The Hall–Kier alpha value is -1.82. The smallest absolute Gasteiger partial charge is 0.233 e. The second kappa shape index (κ2) is 7.38. The molecule has 5 nitrogen and oxygen atoms in total. The van der Waals surface area contributed by atoms with Gasteiger partial charge in [0.15, 0.2) is 11.0 Å². The second-order valence-electron chi connectivity index (χ2n) is 6.43. The van der Waals surface area contributed by atoms with E-state index in [4.69, 9.17) is 0 Å². The molecule has 1 N–H and O–H groups in total.